The van der Waals surface area contributed by atoms with Gasteiger partial charge >= 0.3 is 5.97 Å². The average Bonchev–Trinajstić information content (AvgIpc) is 3.18. The van der Waals surface area contributed by atoms with Gasteiger partial charge in [0.25, 0.3) is 0 Å². The van der Waals surface area contributed by atoms with Gasteiger partial charge in [-0.2, -0.15) is 0 Å². The van der Waals surface area contributed by atoms with Gasteiger partial charge in [-0.15, -0.1) is 0 Å². The second-order valence-electron chi connectivity index (χ2n) is 12.6. The highest BCUT2D eigenvalue weighted by molar-refractivity contribution is 5.68. The SMILES string of the molecule is CCOCO[C@H]1[C@@H](O)CC[C@]2(C)[C@H]3CC[C@]4(C)[C@@H]([C@H](C)CCCC(=O)OC)CC[C@H]4[C@@H]3CC[C@@H]12. The van der Waals surface area contributed by atoms with Crippen LogP contribution in [0.1, 0.15) is 98.3 Å². The Hall–Kier alpha value is -0.650. The van der Waals surface area contributed by atoms with Crippen molar-refractivity contribution in [3.8, 4) is 0 Å². The summed E-state index contributed by atoms with van der Waals surface area (Å²) < 4.78 is 16.5. The van der Waals surface area contributed by atoms with E-state index in [2.05, 4.69) is 20.8 Å². The molecule has 0 unspecified atom stereocenters. The minimum absolute atomic E-state index is 0.0747. The first-order chi connectivity index (χ1) is 16.3. The molecule has 4 aliphatic carbocycles. The number of fused-ring (bicyclic) bond motifs is 5. The van der Waals surface area contributed by atoms with Crippen LogP contribution < -0.4 is 0 Å². The number of carbonyl (C=O) groups is 1. The van der Waals surface area contributed by atoms with E-state index in [0.717, 1.165) is 49.4 Å². The number of ether oxygens (including phenoxy) is 3. The van der Waals surface area contributed by atoms with Crippen LogP contribution in [0.25, 0.3) is 0 Å². The average molecular weight is 479 g/mol. The maximum Gasteiger partial charge on any atom is 0.305 e. The molecule has 1 N–H and O–H groups in total. The molecular weight excluding hydrogens is 428 g/mol. The van der Waals surface area contributed by atoms with E-state index in [1.165, 1.54) is 45.6 Å². The number of hydrogen-bond acceptors (Lipinski definition) is 5. The van der Waals surface area contributed by atoms with Gasteiger partial charge in [-0.3, -0.25) is 4.79 Å². The van der Waals surface area contributed by atoms with E-state index in [1.54, 1.807) is 0 Å². The summed E-state index contributed by atoms with van der Waals surface area (Å²) in [5, 5.41) is 10.8. The van der Waals surface area contributed by atoms with Crippen molar-refractivity contribution in [2.45, 2.75) is 111 Å². The van der Waals surface area contributed by atoms with Gasteiger partial charge in [-0.05, 0) is 117 Å². The zero-order chi connectivity index (χ0) is 24.5. The van der Waals surface area contributed by atoms with Crippen LogP contribution >= 0.6 is 0 Å². The Balaban J connectivity index is 1.44. The quantitative estimate of drug-likeness (QED) is 0.251. The summed E-state index contributed by atoms with van der Waals surface area (Å²) >= 11 is 0. The van der Waals surface area contributed by atoms with Crippen LogP contribution in [0, 0.1) is 46.3 Å². The normalized spacial score (nSPS) is 44.6. The molecule has 0 amide bonds. The lowest BCUT2D eigenvalue weighted by Gasteiger charge is -2.62. The van der Waals surface area contributed by atoms with E-state index in [9.17, 15) is 9.90 Å². The molecular formula is C29H50O5. The smallest absolute Gasteiger partial charge is 0.305 e. The molecule has 0 bridgehead atoms. The fraction of sp³-hybridized carbons (Fsp3) is 0.966. The van der Waals surface area contributed by atoms with Crippen molar-refractivity contribution in [1.29, 1.82) is 0 Å². The highest BCUT2D eigenvalue weighted by Crippen LogP contribution is 2.68. The molecule has 0 aromatic carbocycles. The molecule has 0 spiro atoms. The Morgan fingerprint density at radius 1 is 1.00 bits per heavy atom. The molecule has 0 aromatic rings. The molecule has 4 aliphatic rings. The van der Waals surface area contributed by atoms with E-state index in [-0.39, 0.29) is 23.6 Å². The Bertz CT molecular complexity index is 696. The molecule has 5 heteroatoms. The maximum absolute atomic E-state index is 11.6. The summed E-state index contributed by atoms with van der Waals surface area (Å²) in [7, 11) is 1.49. The van der Waals surface area contributed by atoms with Crippen molar-refractivity contribution in [3.63, 3.8) is 0 Å². The topological polar surface area (TPSA) is 65.0 Å². The molecule has 0 aliphatic heterocycles. The first-order valence-corrected chi connectivity index (χ1v) is 14.2. The van der Waals surface area contributed by atoms with Crippen molar-refractivity contribution < 1.29 is 24.1 Å². The molecule has 0 radical (unpaired) electrons. The number of esters is 1. The van der Waals surface area contributed by atoms with Crippen LogP contribution in [-0.4, -0.2) is 43.8 Å². The largest absolute Gasteiger partial charge is 0.469 e. The van der Waals surface area contributed by atoms with Crippen molar-refractivity contribution in [2.24, 2.45) is 46.3 Å². The van der Waals surface area contributed by atoms with Gasteiger partial charge in [0.15, 0.2) is 0 Å². The van der Waals surface area contributed by atoms with Crippen molar-refractivity contribution in [2.75, 3.05) is 20.5 Å². The number of hydrogen-bond donors (Lipinski definition) is 1. The highest BCUT2D eigenvalue weighted by Gasteiger charge is 2.62. The molecule has 4 saturated carbocycles. The van der Waals surface area contributed by atoms with Gasteiger partial charge in [0.05, 0.1) is 19.3 Å². The van der Waals surface area contributed by atoms with Gasteiger partial charge in [0.1, 0.15) is 6.79 Å². The molecule has 0 heterocycles. The van der Waals surface area contributed by atoms with Crippen LogP contribution in [-0.2, 0) is 19.0 Å². The Morgan fingerprint density at radius 2 is 1.71 bits per heavy atom. The highest BCUT2D eigenvalue weighted by atomic mass is 16.7. The molecule has 4 fully saturated rings. The summed E-state index contributed by atoms with van der Waals surface area (Å²) in [6.07, 6.45) is 12.0. The number of methoxy groups -OCH3 is 1. The summed E-state index contributed by atoms with van der Waals surface area (Å²) in [6, 6.07) is 0. The van der Waals surface area contributed by atoms with Gasteiger partial charge in [0, 0.05) is 13.0 Å². The molecule has 34 heavy (non-hydrogen) atoms. The van der Waals surface area contributed by atoms with Crippen molar-refractivity contribution >= 4 is 5.97 Å². The van der Waals surface area contributed by atoms with Crippen LogP contribution in [0.3, 0.4) is 0 Å². The Morgan fingerprint density at radius 3 is 2.44 bits per heavy atom. The van der Waals surface area contributed by atoms with Gasteiger partial charge < -0.3 is 19.3 Å². The fourth-order valence-corrected chi connectivity index (χ4v) is 9.57. The molecule has 4 rings (SSSR count). The van der Waals surface area contributed by atoms with Crippen molar-refractivity contribution in [1.82, 2.24) is 0 Å². The van der Waals surface area contributed by atoms with Gasteiger partial charge in [0.2, 0.25) is 0 Å². The molecule has 0 aromatic heterocycles. The lowest BCUT2D eigenvalue weighted by atomic mass is 9.44. The lowest BCUT2D eigenvalue weighted by molar-refractivity contribution is -0.214. The first-order valence-electron chi connectivity index (χ1n) is 14.2. The second-order valence-corrected chi connectivity index (χ2v) is 12.6. The summed E-state index contributed by atoms with van der Waals surface area (Å²) in [5.74, 6) is 4.21. The summed E-state index contributed by atoms with van der Waals surface area (Å²) in [4.78, 5) is 11.6. The standard InChI is InChI=1S/C29H50O5/c1-6-33-18-34-27-24-11-10-20-22-13-12-21(19(2)8-7-9-26(31)32-5)28(22,3)16-14-23(20)29(24,4)17-15-25(27)30/h19-25,27,30H,6-18H2,1-5H3/t19-,20+,21-,22+,23+,24+,25+,27-,28-,29-/m1/s1. The zero-order valence-corrected chi connectivity index (χ0v) is 22.4. The molecule has 0 saturated heterocycles. The predicted molar refractivity (Wildman–Crippen MR) is 133 cm³/mol. The number of aliphatic hydroxyl groups excluding tert-OH is 1. The van der Waals surface area contributed by atoms with E-state index in [1.807, 2.05) is 6.92 Å². The van der Waals surface area contributed by atoms with Gasteiger partial charge in [-0.25, -0.2) is 0 Å². The monoisotopic (exact) mass is 478 g/mol. The van der Waals surface area contributed by atoms with Gasteiger partial charge in [-0.1, -0.05) is 20.8 Å². The molecule has 196 valence electrons. The third-order valence-corrected chi connectivity index (χ3v) is 11.3. The number of rotatable bonds is 9. The van der Waals surface area contributed by atoms with Crippen LogP contribution in [0.4, 0.5) is 0 Å². The van der Waals surface area contributed by atoms with Crippen LogP contribution in [0.5, 0.6) is 0 Å². The van der Waals surface area contributed by atoms with Crippen molar-refractivity contribution in [3.05, 3.63) is 0 Å². The zero-order valence-electron chi connectivity index (χ0n) is 22.4. The van der Waals surface area contributed by atoms with E-state index < -0.39 is 0 Å². The van der Waals surface area contributed by atoms with E-state index in [4.69, 9.17) is 14.2 Å². The lowest BCUT2D eigenvalue weighted by Crippen LogP contribution is -2.59. The van der Waals surface area contributed by atoms with Crippen LogP contribution in [0.15, 0.2) is 0 Å². The minimum Gasteiger partial charge on any atom is -0.469 e. The Labute approximate surface area is 207 Å². The maximum atomic E-state index is 11.6. The number of aliphatic hydroxyl groups is 1. The van der Waals surface area contributed by atoms with E-state index >= 15 is 0 Å². The second kappa shape index (κ2) is 10.8. The molecule has 5 nitrogen and oxygen atoms in total. The molecule has 10 atom stereocenters. The fourth-order valence-electron chi connectivity index (χ4n) is 9.57. The van der Waals surface area contributed by atoms with Crippen LogP contribution in [0.2, 0.25) is 0 Å². The Kier molecular flexibility index (Phi) is 8.36. The minimum atomic E-state index is -0.356. The number of carbonyl (C=O) groups excluding carboxylic acids is 1. The summed E-state index contributed by atoms with van der Waals surface area (Å²) in [6.45, 7) is 10.5. The summed E-state index contributed by atoms with van der Waals surface area (Å²) in [5.41, 5.74) is 0.707. The van der Waals surface area contributed by atoms with E-state index in [0.29, 0.717) is 37.1 Å². The third-order valence-electron chi connectivity index (χ3n) is 11.3. The predicted octanol–water partition coefficient (Wildman–Crippen LogP) is 5.97. The third kappa shape index (κ3) is 4.70. The first kappa shape index (κ1) is 26.4.